The molecule has 0 saturated carbocycles. The van der Waals surface area contributed by atoms with Gasteiger partial charge >= 0.3 is 0 Å². The van der Waals surface area contributed by atoms with Crippen molar-refractivity contribution in [1.82, 2.24) is 10.3 Å². The molecule has 132 valence electrons. The first-order valence-electron chi connectivity index (χ1n) is 9.40. The van der Waals surface area contributed by atoms with E-state index < -0.39 is 0 Å². The number of aromatic nitrogens is 1. The third kappa shape index (κ3) is 3.54. The van der Waals surface area contributed by atoms with Gasteiger partial charge < -0.3 is 5.32 Å². The average molecular weight is 344 g/mol. The summed E-state index contributed by atoms with van der Waals surface area (Å²) >= 11 is 0. The highest BCUT2D eigenvalue weighted by atomic mass is 16.1. The normalized spacial score (nSPS) is 15.3. The number of carbonyl (C=O) groups excluding carboxylic acids is 1. The summed E-state index contributed by atoms with van der Waals surface area (Å²) in [5.74, 6) is 0.545. The van der Waals surface area contributed by atoms with Crippen molar-refractivity contribution in [3.05, 3.63) is 65.7 Å². The van der Waals surface area contributed by atoms with E-state index in [4.69, 9.17) is 4.98 Å². The number of Topliss-reactive ketones (excluding diaryl/α,β-unsaturated/α-hetero) is 1. The minimum Gasteiger partial charge on any atom is -0.317 e. The maximum absolute atomic E-state index is 12.9. The zero-order valence-corrected chi connectivity index (χ0v) is 15.2. The summed E-state index contributed by atoms with van der Waals surface area (Å²) in [5.41, 5.74) is 5.29. The molecule has 4 rings (SSSR count). The van der Waals surface area contributed by atoms with Crippen LogP contribution in [0.3, 0.4) is 0 Å². The Kier molecular flexibility index (Phi) is 4.81. The van der Waals surface area contributed by atoms with E-state index in [9.17, 15) is 4.79 Å². The summed E-state index contributed by atoms with van der Waals surface area (Å²) in [5, 5.41) is 4.44. The van der Waals surface area contributed by atoms with E-state index >= 15 is 0 Å². The number of hydrogen-bond acceptors (Lipinski definition) is 3. The van der Waals surface area contributed by atoms with Gasteiger partial charge in [0.1, 0.15) is 5.78 Å². The highest BCUT2D eigenvalue weighted by Crippen LogP contribution is 2.27. The second-order valence-electron chi connectivity index (χ2n) is 7.22. The first kappa shape index (κ1) is 16.9. The van der Waals surface area contributed by atoms with Gasteiger partial charge in [-0.2, -0.15) is 0 Å². The molecule has 0 bridgehead atoms. The number of fused-ring (bicyclic) bond motifs is 1. The van der Waals surface area contributed by atoms with Gasteiger partial charge in [0.15, 0.2) is 0 Å². The predicted molar refractivity (Wildman–Crippen MR) is 106 cm³/mol. The largest absolute Gasteiger partial charge is 0.317 e. The lowest BCUT2D eigenvalue weighted by atomic mass is 9.89. The molecule has 3 aromatic rings. The molecule has 1 aromatic heterocycles. The van der Waals surface area contributed by atoms with Gasteiger partial charge in [0, 0.05) is 23.3 Å². The number of benzene rings is 2. The van der Waals surface area contributed by atoms with Crippen LogP contribution in [0, 0.1) is 12.8 Å². The Labute approximate surface area is 154 Å². The van der Waals surface area contributed by atoms with Crippen molar-refractivity contribution in [3.8, 4) is 11.3 Å². The van der Waals surface area contributed by atoms with Gasteiger partial charge in [0.05, 0.1) is 11.2 Å². The topological polar surface area (TPSA) is 42.0 Å². The molecule has 0 unspecified atom stereocenters. The summed E-state index contributed by atoms with van der Waals surface area (Å²) in [4.78, 5) is 17.7. The van der Waals surface area contributed by atoms with Gasteiger partial charge in [-0.3, -0.25) is 4.79 Å². The van der Waals surface area contributed by atoms with Crippen LogP contribution in [0.2, 0.25) is 0 Å². The second-order valence-corrected chi connectivity index (χ2v) is 7.22. The molecule has 26 heavy (non-hydrogen) atoms. The number of piperidine rings is 1. The smallest absolute Gasteiger partial charge is 0.140 e. The van der Waals surface area contributed by atoms with Crippen LogP contribution in [0.1, 0.15) is 24.0 Å². The molecule has 1 aliphatic rings. The van der Waals surface area contributed by atoms with Gasteiger partial charge in [-0.15, -0.1) is 0 Å². The molecule has 0 amide bonds. The third-order valence-electron chi connectivity index (χ3n) is 5.28. The average Bonchev–Trinajstić information content (AvgIpc) is 2.69. The number of rotatable bonds is 4. The number of pyridine rings is 1. The molecule has 0 aliphatic carbocycles. The maximum Gasteiger partial charge on any atom is 0.140 e. The summed E-state index contributed by atoms with van der Waals surface area (Å²) in [7, 11) is 0. The van der Waals surface area contributed by atoms with Crippen LogP contribution in [-0.2, 0) is 11.2 Å². The lowest BCUT2D eigenvalue weighted by Crippen LogP contribution is -2.32. The number of ketones is 1. The Bertz CT molecular complexity index is 928. The Hall–Kier alpha value is -2.52. The third-order valence-corrected chi connectivity index (χ3v) is 5.28. The Morgan fingerprint density at radius 2 is 1.85 bits per heavy atom. The van der Waals surface area contributed by atoms with Gasteiger partial charge in [0.25, 0.3) is 0 Å². The highest BCUT2D eigenvalue weighted by Gasteiger charge is 2.22. The van der Waals surface area contributed by atoms with Crippen LogP contribution in [0.15, 0.2) is 54.6 Å². The lowest BCUT2D eigenvalue weighted by Gasteiger charge is -2.21. The van der Waals surface area contributed by atoms with E-state index in [-0.39, 0.29) is 5.92 Å². The van der Waals surface area contributed by atoms with E-state index in [0.717, 1.165) is 53.7 Å². The molecule has 1 N–H and O–H groups in total. The molecule has 1 saturated heterocycles. The quantitative estimate of drug-likeness (QED) is 0.766. The van der Waals surface area contributed by atoms with Crippen molar-refractivity contribution in [2.45, 2.75) is 26.2 Å². The monoisotopic (exact) mass is 344 g/mol. The zero-order chi connectivity index (χ0) is 17.9. The summed E-state index contributed by atoms with van der Waals surface area (Å²) < 4.78 is 0. The van der Waals surface area contributed by atoms with Crippen LogP contribution in [0.25, 0.3) is 22.2 Å². The number of nitrogens with zero attached hydrogens (tertiary/aromatic N) is 1. The van der Waals surface area contributed by atoms with E-state index in [1.807, 2.05) is 18.2 Å². The molecule has 0 atom stereocenters. The van der Waals surface area contributed by atoms with Crippen LogP contribution in [0.5, 0.6) is 0 Å². The van der Waals surface area contributed by atoms with Gasteiger partial charge in [0.2, 0.25) is 0 Å². The van der Waals surface area contributed by atoms with E-state index in [1.165, 1.54) is 5.56 Å². The van der Waals surface area contributed by atoms with Crippen LogP contribution in [0.4, 0.5) is 0 Å². The number of nitrogens with one attached hydrogen (secondary N) is 1. The molecular weight excluding hydrogens is 320 g/mol. The second kappa shape index (κ2) is 7.38. The lowest BCUT2D eigenvalue weighted by molar-refractivity contribution is -0.122. The molecule has 2 heterocycles. The van der Waals surface area contributed by atoms with Crippen molar-refractivity contribution in [3.63, 3.8) is 0 Å². The Morgan fingerprint density at radius 3 is 2.62 bits per heavy atom. The van der Waals surface area contributed by atoms with Crippen LogP contribution >= 0.6 is 0 Å². The first-order chi connectivity index (χ1) is 12.7. The predicted octanol–water partition coefficient (Wildman–Crippen LogP) is 4.32. The molecule has 0 radical (unpaired) electrons. The van der Waals surface area contributed by atoms with E-state index in [2.05, 4.69) is 48.6 Å². The summed E-state index contributed by atoms with van der Waals surface area (Å²) in [6.07, 6.45) is 2.39. The Morgan fingerprint density at radius 1 is 1.08 bits per heavy atom. The van der Waals surface area contributed by atoms with Gasteiger partial charge in [-0.1, -0.05) is 42.0 Å². The Balaban J connectivity index is 1.75. The fourth-order valence-electron chi connectivity index (χ4n) is 3.79. The van der Waals surface area contributed by atoms with Crippen molar-refractivity contribution in [2.24, 2.45) is 5.92 Å². The van der Waals surface area contributed by atoms with Crippen molar-refractivity contribution >= 4 is 16.7 Å². The molecule has 2 aromatic carbocycles. The van der Waals surface area contributed by atoms with Gasteiger partial charge in [-0.25, -0.2) is 4.98 Å². The summed E-state index contributed by atoms with van der Waals surface area (Å²) in [6, 6.07) is 18.6. The summed E-state index contributed by atoms with van der Waals surface area (Å²) in [6.45, 7) is 3.98. The molecule has 3 nitrogen and oxygen atoms in total. The minimum absolute atomic E-state index is 0.185. The maximum atomic E-state index is 12.9. The molecular formula is C23H24N2O. The number of hydrogen-bond donors (Lipinski definition) is 1. The molecule has 0 spiro atoms. The van der Waals surface area contributed by atoms with Crippen molar-refractivity contribution in [2.75, 3.05) is 13.1 Å². The van der Waals surface area contributed by atoms with Crippen LogP contribution in [-0.4, -0.2) is 23.9 Å². The van der Waals surface area contributed by atoms with Crippen molar-refractivity contribution in [1.29, 1.82) is 0 Å². The fraction of sp³-hybridized carbons (Fsp3) is 0.304. The number of carbonyl (C=O) groups is 1. The SMILES string of the molecule is Cc1ccc2nc(-c3ccccc3)cc(CC(=O)C3CCNCC3)c2c1. The molecule has 1 aliphatic heterocycles. The standard InChI is InChI=1S/C23H24N2O/c1-16-7-8-21-20(13-16)19(15-23(26)18-9-11-24-12-10-18)14-22(25-21)17-5-3-2-4-6-17/h2-8,13-14,18,24H,9-12,15H2,1H3. The van der Waals surface area contributed by atoms with Crippen LogP contribution < -0.4 is 5.32 Å². The van der Waals surface area contributed by atoms with Gasteiger partial charge in [-0.05, 0) is 56.6 Å². The highest BCUT2D eigenvalue weighted by molar-refractivity contribution is 5.92. The first-order valence-corrected chi connectivity index (χ1v) is 9.40. The minimum atomic E-state index is 0.185. The zero-order valence-electron chi connectivity index (χ0n) is 15.2. The molecule has 3 heteroatoms. The van der Waals surface area contributed by atoms with E-state index in [1.54, 1.807) is 0 Å². The van der Waals surface area contributed by atoms with E-state index in [0.29, 0.717) is 12.2 Å². The fourth-order valence-corrected chi connectivity index (χ4v) is 3.79. The van der Waals surface area contributed by atoms with Crippen molar-refractivity contribution < 1.29 is 4.79 Å². The molecule has 1 fully saturated rings. The number of aryl methyl sites for hydroxylation is 1.